The lowest BCUT2D eigenvalue weighted by atomic mass is 9.95. The Bertz CT molecular complexity index is 414. The average Bonchev–Trinajstić information content (AvgIpc) is 3.14. The van der Waals surface area contributed by atoms with Gasteiger partial charge < -0.3 is 14.5 Å². The predicted octanol–water partition coefficient (Wildman–Crippen LogP) is 2.20. The molecular weight excluding hydrogens is 292 g/mol. The van der Waals surface area contributed by atoms with Crippen LogP contribution < -0.4 is 0 Å². The second-order valence-electron chi connectivity index (χ2n) is 7.25. The molecule has 0 aromatic heterocycles. The van der Waals surface area contributed by atoms with Gasteiger partial charge in [0.1, 0.15) is 6.04 Å². The first kappa shape index (κ1) is 16.7. The van der Waals surface area contributed by atoms with Crippen molar-refractivity contribution in [2.75, 3.05) is 32.8 Å². The fourth-order valence-electron chi connectivity index (χ4n) is 4.14. The zero-order valence-electron chi connectivity index (χ0n) is 14.2. The van der Waals surface area contributed by atoms with Gasteiger partial charge in [0.2, 0.25) is 11.8 Å². The molecule has 0 saturated carbocycles. The standard InChI is InChI=1S/C18H30N2O3/c21-17(9-8-15-6-5-13-23-14-15)20-12-2-1-7-16(20)18(22)19-10-3-4-11-19/h15-16H,1-14H2/t15-,16+/m1/s1. The van der Waals surface area contributed by atoms with E-state index in [4.69, 9.17) is 4.74 Å². The first-order valence-electron chi connectivity index (χ1n) is 9.41. The lowest BCUT2D eigenvalue weighted by Gasteiger charge is -2.37. The van der Waals surface area contributed by atoms with E-state index in [1.54, 1.807) is 0 Å². The van der Waals surface area contributed by atoms with Gasteiger partial charge in [-0.05, 0) is 57.3 Å². The highest BCUT2D eigenvalue weighted by Gasteiger charge is 2.35. The smallest absolute Gasteiger partial charge is 0.245 e. The number of ether oxygens (including phenoxy) is 1. The van der Waals surface area contributed by atoms with Gasteiger partial charge in [-0.3, -0.25) is 9.59 Å². The maximum Gasteiger partial charge on any atom is 0.245 e. The van der Waals surface area contributed by atoms with Gasteiger partial charge in [0.15, 0.2) is 0 Å². The van der Waals surface area contributed by atoms with Crippen LogP contribution in [-0.4, -0.2) is 60.5 Å². The van der Waals surface area contributed by atoms with Crippen molar-refractivity contribution in [1.82, 2.24) is 9.80 Å². The highest BCUT2D eigenvalue weighted by atomic mass is 16.5. The van der Waals surface area contributed by atoms with Crippen molar-refractivity contribution in [2.24, 2.45) is 5.92 Å². The topological polar surface area (TPSA) is 49.9 Å². The van der Waals surface area contributed by atoms with Gasteiger partial charge in [-0.15, -0.1) is 0 Å². The second-order valence-corrected chi connectivity index (χ2v) is 7.25. The van der Waals surface area contributed by atoms with Crippen LogP contribution in [0.5, 0.6) is 0 Å². The van der Waals surface area contributed by atoms with E-state index in [2.05, 4.69) is 0 Å². The second kappa shape index (κ2) is 8.13. The summed E-state index contributed by atoms with van der Waals surface area (Å²) < 4.78 is 5.50. The molecule has 2 amide bonds. The van der Waals surface area contributed by atoms with E-state index >= 15 is 0 Å². The summed E-state index contributed by atoms with van der Waals surface area (Å²) >= 11 is 0. The summed E-state index contributed by atoms with van der Waals surface area (Å²) in [4.78, 5) is 29.3. The van der Waals surface area contributed by atoms with Gasteiger partial charge in [-0.2, -0.15) is 0 Å². The quantitative estimate of drug-likeness (QED) is 0.797. The number of nitrogens with zero attached hydrogens (tertiary/aromatic N) is 2. The van der Waals surface area contributed by atoms with Crippen LogP contribution in [0.3, 0.4) is 0 Å². The Morgan fingerprint density at radius 2 is 1.74 bits per heavy atom. The van der Waals surface area contributed by atoms with Crippen LogP contribution in [0.25, 0.3) is 0 Å². The van der Waals surface area contributed by atoms with Crippen molar-refractivity contribution in [1.29, 1.82) is 0 Å². The van der Waals surface area contributed by atoms with E-state index in [0.717, 1.165) is 77.8 Å². The summed E-state index contributed by atoms with van der Waals surface area (Å²) in [7, 11) is 0. The maximum atomic E-state index is 12.7. The lowest BCUT2D eigenvalue weighted by molar-refractivity contribution is -0.147. The number of carbonyl (C=O) groups is 2. The van der Waals surface area contributed by atoms with Crippen molar-refractivity contribution in [3.63, 3.8) is 0 Å². The minimum Gasteiger partial charge on any atom is -0.381 e. The van der Waals surface area contributed by atoms with E-state index < -0.39 is 0 Å². The Balaban J connectivity index is 1.54. The number of rotatable bonds is 4. The molecule has 0 aromatic carbocycles. The van der Waals surface area contributed by atoms with E-state index in [0.29, 0.717) is 12.3 Å². The maximum absolute atomic E-state index is 12.7. The highest BCUT2D eigenvalue weighted by molar-refractivity contribution is 5.88. The van der Waals surface area contributed by atoms with Gasteiger partial charge >= 0.3 is 0 Å². The zero-order chi connectivity index (χ0) is 16.1. The summed E-state index contributed by atoms with van der Waals surface area (Å²) in [6.45, 7) is 4.16. The molecule has 3 aliphatic heterocycles. The molecule has 0 radical (unpaired) electrons. The van der Waals surface area contributed by atoms with Crippen molar-refractivity contribution >= 4 is 11.8 Å². The molecule has 3 heterocycles. The summed E-state index contributed by atoms with van der Waals surface area (Å²) in [5.74, 6) is 0.884. The number of likely N-dealkylation sites (tertiary alicyclic amines) is 2. The number of piperidine rings is 1. The van der Waals surface area contributed by atoms with Gasteiger partial charge in [0.05, 0.1) is 0 Å². The Hall–Kier alpha value is -1.10. The van der Waals surface area contributed by atoms with Crippen molar-refractivity contribution in [2.45, 2.75) is 63.8 Å². The van der Waals surface area contributed by atoms with Crippen LogP contribution in [0, 0.1) is 5.92 Å². The Morgan fingerprint density at radius 3 is 2.48 bits per heavy atom. The summed E-state index contributed by atoms with van der Waals surface area (Å²) in [5, 5.41) is 0. The van der Waals surface area contributed by atoms with E-state index in [1.165, 1.54) is 6.42 Å². The SMILES string of the molecule is O=C([C@@H]1CCCCN1C(=O)CC[C@H]1CCCOC1)N1CCCC1. The molecule has 0 spiro atoms. The first-order chi connectivity index (χ1) is 11.3. The van der Waals surface area contributed by atoms with Crippen LogP contribution in [-0.2, 0) is 14.3 Å². The number of amides is 2. The molecule has 130 valence electrons. The van der Waals surface area contributed by atoms with E-state index in [9.17, 15) is 9.59 Å². The fraction of sp³-hybridized carbons (Fsp3) is 0.889. The van der Waals surface area contributed by atoms with Crippen molar-refractivity contribution < 1.29 is 14.3 Å². The number of carbonyl (C=O) groups excluding carboxylic acids is 2. The molecule has 3 fully saturated rings. The molecule has 0 N–H and O–H groups in total. The molecule has 0 aliphatic carbocycles. The first-order valence-corrected chi connectivity index (χ1v) is 9.41. The third kappa shape index (κ3) is 4.25. The molecule has 3 saturated heterocycles. The molecular formula is C18H30N2O3. The molecule has 5 nitrogen and oxygen atoms in total. The van der Waals surface area contributed by atoms with E-state index in [-0.39, 0.29) is 17.9 Å². The van der Waals surface area contributed by atoms with Crippen molar-refractivity contribution in [3.8, 4) is 0 Å². The summed E-state index contributed by atoms with van der Waals surface area (Å²) in [6, 6.07) is -0.197. The largest absolute Gasteiger partial charge is 0.381 e. The number of hydrogen-bond acceptors (Lipinski definition) is 3. The summed E-state index contributed by atoms with van der Waals surface area (Å²) in [5.41, 5.74) is 0. The highest BCUT2D eigenvalue weighted by Crippen LogP contribution is 2.24. The predicted molar refractivity (Wildman–Crippen MR) is 87.9 cm³/mol. The van der Waals surface area contributed by atoms with E-state index in [1.807, 2.05) is 9.80 Å². The Kier molecular flexibility index (Phi) is 5.92. The van der Waals surface area contributed by atoms with Gasteiger partial charge in [-0.1, -0.05) is 0 Å². The number of hydrogen-bond donors (Lipinski definition) is 0. The lowest BCUT2D eigenvalue weighted by Crippen LogP contribution is -2.52. The van der Waals surface area contributed by atoms with Crippen molar-refractivity contribution in [3.05, 3.63) is 0 Å². The van der Waals surface area contributed by atoms with Crippen LogP contribution in [0.2, 0.25) is 0 Å². The van der Waals surface area contributed by atoms with Gasteiger partial charge in [0, 0.05) is 39.3 Å². The zero-order valence-corrected chi connectivity index (χ0v) is 14.2. The van der Waals surface area contributed by atoms with Crippen LogP contribution in [0.15, 0.2) is 0 Å². The molecule has 23 heavy (non-hydrogen) atoms. The fourth-order valence-corrected chi connectivity index (χ4v) is 4.14. The molecule has 3 aliphatic rings. The normalized spacial score (nSPS) is 28.9. The molecule has 5 heteroatoms. The molecule has 0 unspecified atom stereocenters. The minimum absolute atomic E-state index is 0.174. The minimum atomic E-state index is -0.197. The molecule has 0 aromatic rings. The Morgan fingerprint density at radius 1 is 0.957 bits per heavy atom. The Labute approximate surface area is 139 Å². The molecule has 2 atom stereocenters. The monoisotopic (exact) mass is 322 g/mol. The third-order valence-electron chi connectivity index (χ3n) is 5.55. The van der Waals surface area contributed by atoms with Crippen LogP contribution >= 0.6 is 0 Å². The van der Waals surface area contributed by atoms with Crippen LogP contribution in [0.1, 0.15) is 57.8 Å². The van der Waals surface area contributed by atoms with Gasteiger partial charge in [0.25, 0.3) is 0 Å². The third-order valence-corrected chi connectivity index (χ3v) is 5.55. The van der Waals surface area contributed by atoms with Gasteiger partial charge in [-0.25, -0.2) is 0 Å². The molecule has 3 rings (SSSR count). The average molecular weight is 322 g/mol. The van der Waals surface area contributed by atoms with Crippen LogP contribution in [0.4, 0.5) is 0 Å². The molecule has 0 bridgehead atoms. The summed E-state index contributed by atoms with van der Waals surface area (Å²) in [6.07, 6.45) is 8.89.